The van der Waals surface area contributed by atoms with Crippen LogP contribution in [0.3, 0.4) is 0 Å². The Morgan fingerprint density at radius 1 is 1.00 bits per heavy atom. The molecule has 0 radical (unpaired) electrons. The lowest BCUT2D eigenvalue weighted by Gasteiger charge is -2.18. The van der Waals surface area contributed by atoms with Crippen molar-refractivity contribution in [3.8, 4) is 0 Å². The van der Waals surface area contributed by atoms with E-state index in [9.17, 15) is 0 Å². The SMILES string of the molecule is CNCc1ccc(CN2CCc3ccccc3CC2)o1. The minimum Gasteiger partial charge on any atom is -0.463 e. The lowest BCUT2D eigenvalue weighted by atomic mass is 10.0. The smallest absolute Gasteiger partial charge is 0.118 e. The van der Waals surface area contributed by atoms with Gasteiger partial charge in [0.1, 0.15) is 11.5 Å². The molecule has 1 N–H and O–H groups in total. The van der Waals surface area contributed by atoms with Gasteiger partial charge in [-0.3, -0.25) is 4.90 Å². The summed E-state index contributed by atoms with van der Waals surface area (Å²) in [7, 11) is 1.94. The molecule has 1 aliphatic rings. The van der Waals surface area contributed by atoms with Crippen LogP contribution in [-0.2, 0) is 25.9 Å². The summed E-state index contributed by atoms with van der Waals surface area (Å²) in [6.45, 7) is 3.93. The fraction of sp³-hybridized carbons (Fsp3) is 0.412. The normalized spacial score (nSPS) is 15.8. The number of rotatable bonds is 4. The van der Waals surface area contributed by atoms with E-state index in [1.807, 2.05) is 7.05 Å². The molecule has 0 atom stereocenters. The van der Waals surface area contributed by atoms with Gasteiger partial charge in [-0.05, 0) is 43.1 Å². The van der Waals surface area contributed by atoms with E-state index in [4.69, 9.17) is 4.42 Å². The van der Waals surface area contributed by atoms with Crippen molar-refractivity contribution in [2.24, 2.45) is 0 Å². The van der Waals surface area contributed by atoms with Gasteiger partial charge in [0.05, 0.1) is 13.1 Å². The molecule has 0 bridgehead atoms. The molecule has 2 heterocycles. The Hall–Kier alpha value is -1.58. The highest BCUT2D eigenvalue weighted by Gasteiger charge is 2.14. The Morgan fingerprint density at radius 2 is 1.65 bits per heavy atom. The molecule has 20 heavy (non-hydrogen) atoms. The van der Waals surface area contributed by atoms with Gasteiger partial charge in [0, 0.05) is 13.1 Å². The number of furan rings is 1. The van der Waals surface area contributed by atoms with E-state index in [0.29, 0.717) is 0 Å². The largest absolute Gasteiger partial charge is 0.463 e. The van der Waals surface area contributed by atoms with E-state index in [0.717, 1.165) is 50.5 Å². The van der Waals surface area contributed by atoms with Crippen LogP contribution >= 0.6 is 0 Å². The van der Waals surface area contributed by atoms with Crippen molar-refractivity contribution >= 4 is 0 Å². The first-order chi connectivity index (χ1) is 9.85. The summed E-state index contributed by atoms with van der Waals surface area (Å²) in [5.74, 6) is 2.09. The molecule has 3 nitrogen and oxygen atoms in total. The summed E-state index contributed by atoms with van der Waals surface area (Å²) in [6.07, 6.45) is 2.28. The number of nitrogens with one attached hydrogen (secondary N) is 1. The standard InChI is InChI=1S/C17H22N2O/c1-18-12-16-6-7-17(20-16)13-19-10-8-14-4-2-3-5-15(14)9-11-19/h2-7,18H,8-13H2,1H3. The molecule has 2 aromatic rings. The predicted octanol–water partition coefficient (Wildman–Crippen LogP) is 2.60. The summed E-state index contributed by atoms with van der Waals surface area (Å²) in [5, 5.41) is 3.12. The van der Waals surface area contributed by atoms with Crippen LogP contribution < -0.4 is 5.32 Å². The molecule has 0 fully saturated rings. The van der Waals surface area contributed by atoms with Gasteiger partial charge in [0.15, 0.2) is 0 Å². The number of fused-ring (bicyclic) bond motifs is 1. The second-order valence-electron chi connectivity index (χ2n) is 5.44. The highest BCUT2D eigenvalue weighted by molar-refractivity contribution is 5.28. The van der Waals surface area contributed by atoms with Crippen molar-refractivity contribution in [2.75, 3.05) is 20.1 Å². The Morgan fingerprint density at radius 3 is 2.30 bits per heavy atom. The maximum atomic E-state index is 5.84. The van der Waals surface area contributed by atoms with Crippen molar-refractivity contribution < 1.29 is 4.42 Å². The van der Waals surface area contributed by atoms with Crippen LogP contribution in [0.1, 0.15) is 22.6 Å². The number of benzene rings is 1. The Bertz CT molecular complexity index is 535. The quantitative estimate of drug-likeness (QED) is 0.925. The summed E-state index contributed by atoms with van der Waals surface area (Å²) in [5.41, 5.74) is 3.01. The van der Waals surface area contributed by atoms with E-state index in [1.54, 1.807) is 0 Å². The molecule has 0 unspecified atom stereocenters. The maximum absolute atomic E-state index is 5.84. The average Bonchev–Trinajstić information content (AvgIpc) is 2.80. The number of hydrogen-bond acceptors (Lipinski definition) is 3. The van der Waals surface area contributed by atoms with Crippen LogP contribution in [-0.4, -0.2) is 25.0 Å². The molecule has 0 saturated heterocycles. The summed E-state index contributed by atoms with van der Waals surface area (Å²) < 4.78 is 5.84. The Kier molecular flexibility index (Phi) is 4.19. The first-order valence-corrected chi connectivity index (χ1v) is 7.36. The zero-order valence-corrected chi connectivity index (χ0v) is 12.1. The third kappa shape index (κ3) is 3.11. The Labute approximate surface area is 120 Å². The molecule has 0 saturated carbocycles. The summed E-state index contributed by atoms with van der Waals surface area (Å²) in [6, 6.07) is 13.0. The van der Waals surface area contributed by atoms with Crippen LogP contribution in [0.5, 0.6) is 0 Å². The van der Waals surface area contributed by atoms with Crippen molar-refractivity contribution in [2.45, 2.75) is 25.9 Å². The molecule has 3 heteroatoms. The first-order valence-electron chi connectivity index (χ1n) is 7.36. The van der Waals surface area contributed by atoms with E-state index >= 15 is 0 Å². The van der Waals surface area contributed by atoms with E-state index in [1.165, 1.54) is 11.1 Å². The van der Waals surface area contributed by atoms with Crippen molar-refractivity contribution in [3.63, 3.8) is 0 Å². The topological polar surface area (TPSA) is 28.4 Å². The molecule has 3 rings (SSSR count). The summed E-state index contributed by atoms with van der Waals surface area (Å²) in [4.78, 5) is 2.49. The highest BCUT2D eigenvalue weighted by atomic mass is 16.3. The second kappa shape index (κ2) is 6.25. The maximum Gasteiger partial charge on any atom is 0.118 e. The molecular formula is C17H22N2O. The van der Waals surface area contributed by atoms with Crippen LogP contribution in [0.15, 0.2) is 40.8 Å². The van der Waals surface area contributed by atoms with Crippen LogP contribution in [0.25, 0.3) is 0 Å². The molecule has 1 aromatic carbocycles. The molecule has 106 valence electrons. The number of nitrogens with zero attached hydrogens (tertiary/aromatic N) is 1. The van der Waals surface area contributed by atoms with Crippen LogP contribution in [0.4, 0.5) is 0 Å². The van der Waals surface area contributed by atoms with Crippen LogP contribution in [0.2, 0.25) is 0 Å². The Balaban J connectivity index is 1.62. The fourth-order valence-corrected chi connectivity index (χ4v) is 2.87. The zero-order valence-electron chi connectivity index (χ0n) is 12.1. The molecule has 0 spiro atoms. The predicted molar refractivity (Wildman–Crippen MR) is 80.6 cm³/mol. The third-order valence-corrected chi connectivity index (χ3v) is 3.96. The van der Waals surface area contributed by atoms with Crippen molar-refractivity contribution in [1.29, 1.82) is 0 Å². The summed E-state index contributed by atoms with van der Waals surface area (Å²) >= 11 is 0. The minimum atomic E-state index is 0.797. The van der Waals surface area contributed by atoms with Gasteiger partial charge >= 0.3 is 0 Å². The van der Waals surface area contributed by atoms with Crippen molar-refractivity contribution in [1.82, 2.24) is 10.2 Å². The fourth-order valence-electron chi connectivity index (χ4n) is 2.87. The molecular weight excluding hydrogens is 248 g/mol. The minimum absolute atomic E-state index is 0.797. The molecule has 0 amide bonds. The van der Waals surface area contributed by atoms with Gasteiger partial charge < -0.3 is 9.73 Å². The van der Waals surface area contributed by atoms with Gasteiger partial charge in [0.25, 0.3) is 0 Å². The van der Waals surface area contributed by atoms with Gasteiger partial charge in [-0.1, -0.05) is 24.3 Å². The zero-order chi connectivity index (χ0) is 13.8. The van der Waals surface area contributed by atoms with E-state index in [2.05, 4.69) is 46.6 Å². The highest BCUT2D eigenvalue weighted by Crippen LogP contribution is 2.18. The van der Waals surface area contributed by atoms with Crippen molar-refractivity contribution in [3.05, 3.63) is 59.0 Å². The van der Waals surface area contributed by atoms with E-state index in [-0.39, 0.29) is 0 Å². The van der Waals surface area contributed by atoms with E-state index < -0.39 is 0 Å². The average molecular weight is 270 g/mol. The first kappa shape index (κ1) is 13.4. The van der Waals surface area contributed by atoms with Gasteiger partial charge in [-0.2, -0.15) is 0 Å². The molecule has 1 aromatic heterocycles. The number of hydrogen-bond donors (Lipinski definition) is 1. The van der Waals surface area contributed by atoms with Crippen LogP contribution in [0, 0.1) is 0 Å². The monoisotopic (exact) mass is 270 g/mol. The second-order valence-corrected chi connectivity index (χ2v) is 5.44. The van der Waals surface area contributed by atoms with Gasteiger partial charge in [0.2, 0.25) is 0 Å². The molecule has 1 aliphatic heterocycles. The van der Waals surface area contributed by atoms with Gasteiger partial charge in [-0.15, -0.1) is 0 Å². The molecule has 0 aliphatic carbocycles. The lowest BCUT2D eigenvalue weighted by molar-refractivity contribution is 0.252. The third-order valence-electron chi connectivity index (χ3n) is 3.96. The van der Waals surface area contributed by atoms with Gasteiger partial charge in [-0.25, -0.2) is 0 Å². The lowest BCUT2D eigenvalue weighted by Crippen LogP contribution is -2.25.